The van der Waals surface area contributed by atoms with Crippen LogP contribution in [0.5, 0.6) is 0 Å². The van der Waals surface area contributed by atoms with E-state index in [2.05, 4.69) is 11.1 Å². The molecule has 1 amide bonds. The number of nitrogens with two attached hydrogens (primary N) is 1. The molecule has 0 aromatic heterocycles. The lowest BCUT2D eigenvalue weighted by Gasteiger charge is -1.92. The molecule has 0 bridgehead atoms. The van der Waals surface area contributed by atoms with E-state index in [1.165, 1.54) is 6.92 Å². The molecule has 0 radical (unpaired) electrons. The van der Waals surface area contributed by atoms with Gasteiger partial charge in [-0.3, -0.25) is 14.4 Å². The zero-order valence-electron chi connectivity index (χ0n) is 7.11. The van der Waals surface area contributed by atoms with E-state index in [-0.39, 0.29) is 19.0 Å². The van der Waals surface area contributed by atoms with Crippen molar-refractivity contribution in [1.82, 2.24) is 5.32 Å². The van der Waals surface area contributed by atoms with Crippen LogP contribution in [-0.4, -0.2) is 41.1 Å². The van der Waals surface area contributed by atoms with Gasteiger partial charge in [-0.1, -0.05) is 0 Å². The standard InChI is InChI=1S/C4H7NO3.C2H5NO2/c1-3(6)5-2-4(7)8;3-1-2(4)5/h2H2,1H3,(H,5,6)(H,7,8);1,3H2,(H,4,5). The summed E-state index contributed by atoms with van der Waals surface area (Å²) in [6.07, 6.45) is 0. The number of rotatable bonds is 3. The Balaban J connectivity index is 0. The topological polar surface area (TPSA) is 130 Å². The van der Waals surface area contributed by atoms with Crippen LogP contribution in [0.25, 0.3) is 0 Å². The van der Waals surface area contributed by atoms with E-state index >= 15 is 0 Å². The summed E-state index contributed by atoms with van der Waals surface area (Å²) in [5, 5.41) is 17.7. The lowest BCUT2D eigenvalue weighted by atomic mass is 10.6. The lowest BCUT2D eigenvalue weighted by Crippen LogP contribution is -2.26. The minimum Gasteiger partial charge on any atom is -0.480 e. The zero-order valence-corrected chi connectivity index (χ0v) is 7.11. The number of carbonyl (C=O) groups is 3. The van der Waals surface area contributed by atoms with Crippen molar-refractivity contribution in [2.45, 2.75) is 6.92 Å². The van der Waals surface area contributed by atoms with E-state index in [1.807, 2.05) is 0 Å². The summed E-state index contributed by atoms with van der Waals surface area (Å²) in [5.74, 6) is -2.32. The van der Waals surface area contributed by atoms with Crippen molar-refractivity contribution >= 4 is 17.8 Å². The molecule has 0 heterocycles. The molecule has 7 heteroatoms. The Hall–Kier alpha value is -1.63. The number of amides is 1. The monoisotopic (exact) mass is 192 g/mol. The first-order valence-electron chi connectivity index (χ1n) is 3.28. The maximum absolute atomic E-state index is 9.97. The van der Waals surface area contributed by atoms with E-state index in [4.69, 9.17) is 10.2 Å². The van der Waals surface area contributed by atoms with Crippen LogP contribution in [0.3, 0.4) is 0 Å². The molecular weight excluding hydrogens is 180 g/mol. The minimum absolute atomic E-state index is 0.278. The Kier molecular flexibility index (Phi) is 9.07. The van der Waals surface area contributed by atoms with E-state index in [1.54, 1.807) is 0 Å². The number of carbonyl (C=O) groups excluding carboxylic acids is 1. The molecule has 7 nitrogen and oxygen atoms in total. The quantitative estimate of drug-likeness (QED) is 0.419. The molecule has 0 rings (SSSR count). The number of nitrogens with one attached hydrogen (secondary N) is 1. The molecule has 0 fully saturated rings. The molecule has 0 unspecified atom stereocenters. The molecule has 0 aromatic carbocycles. The van der Waals surface area contributed by atoms with Gasteiger partial charge in [0.25, 0.3) is 0 Å². The first-order chi connectivity index (χ1) is 5.90. The van der Waals surface area contributed by atoms with Crippen LogP contribution in [-0.2, 0) is 14.4 Å². The summed E-state index contributed by atoms with van der Waals surface area (Å²) >= 11 is 0. The Morgan fingerprint density at radius 1 is 1.23 bits per heavy atom. The van der Waals surface area contributed by atoms with Crippen molar-refractivity contribution in [3.8, 4) is 0 Å². The predicted octanol–water partition coefficient (Wildman–Crippen LogP) is -1.76. The van der Waals surface area contributed by atoms with Crippen LogP contribution in [0.4, 0.5) is 0 Å². The maximum Gasteiger partial charge on any atom is 0.322 e. The van der Waals surface area contributed by atoms with Crippen LogP contribution in [0, 0.1) is 0 Å². The predicted molar refractivity (Wildman–Crippen MR) is 43.0 cm³/mol. The Labute approximate surface area is 74.5 Å². The van der Waals surface area contributed by atoms with Gasteiger partial charge in [0.2, 0.25) is 5.91 Å². The van der Waals surface area contributed by atoms with Gasteiger partial charge in [0.15, 0.2) is 0 Å². The smallest absolute Gasteiger partial charge is 0.322 e. The second kappa shape index (κ2) is 8.47. The zero-order chi connectivity index (χ0) is 10.9. The first kappa shape index (κ1) is 13.9. The summed E-state index contributed by atoms with van der Waals surface area (Å²) in [6.45, 7) is 0.693. The third-order valence-corrected chi connectivity index (χ3v) is 0.663. The summed E-state index contributed by atoms with van der Waals surface area (Å²) in [7, 11) is 0. The molecule has 0 saturated heterocycles. The second-order valence-corrected chi connectivity index (χ2v) is 1.90. The van der Waals surface area contributed by atoms with E-state index in [0.717, 1.165) is 0 Å². The van der Waals surface area contributed by atoms with E-state index in [0.29, 0.717) is 0 Å². The van der Waals surface area contributed by atoms with Crippen molar-refractivity contribution < 1.29 is 24.6 Å². The summed E-state index contributed by atoms with van der Waals surface area (Å²) in [4.78, 5) is 28.9. The highest BCUT2D eigenvalue weighted by Crippen LogP contribution is 1.60. The largest absolute Gasteiger partial charge is 0.480 e. The van der Waals surface area contributed by atoms with Gasteiger partial charge < -0.3 is 21.3 Å². The highest BCUT2D eigenvalue weighted by molar-refractivity contribution is 5.79. The fourth-order valence-electron chi connectivity index (χ4n) is 0.200. The van der Waals surface area contributed by atoms with E-state index in [9.17, 15) is 14.4 Å². The average Bonchev–Trinajstić information content (AvgIpc) is 2.02. The van der Waals surface area contributed by atoms with Crippen LogP contribution in [0.1, 0.15) is 6.92 Å². The number of carboxylic acids is 2. The highest BCUT2D eigenvalue weighted by atomic mass is 16.4. The van der Waals surface area contributed by atoms with Crippen molar-refractivity contribution in [3.63, 3.8) is 0 Å². The normalized spacial score (nSPS) is 7.85. The van der Waals surface area contributed by atoms with Gasteiger partial charge in [0, 0.05) is 6.92 Å². The van der Waals surface area contributed by atoms with Gasteiger partial charge in [0.1, 0.15) is 6.54 Å². The van der Waals surface area contributed by atoms with Crippen LogP contribution in [0.15, 0.2) is 0 Å². The van der Waals surface area contributed by atoms with Crippen molar-refractivity contribution in [2.75, 3.05) is 13.1 Å². The first-order valence-corrected chi connectivity index (χ1v) is 3.28. The molecule has 0 aliphatic rings. The average molecular weight is 192 g/mol. The fraction of sp³-hybridized carbons (Fsp3) is 0.500. The van der Waals surface area contributed by atoms with Crippen molar-refractivity contribution in [3.05, 3.63) is 0 Å². The van der Waals surface area contributed by atoms with Crippen LogP contribution >= 0.6 is 0 Å². The summed E-state index contributed by atoms with van der Waals surface area (Å²) < 4.78 is 0. The summed E-state index contributed by atoms with van der Waals surface area (Å²) in [5.41, 5.74) is 4.57. The molecule has 0 saturated carbocycles. The number of aliphatic carboxylic acids is 2. The third-order valence-electron chi connectivity index (χ3n) is 0.663. The minimum atomic E-state index is -1.03. The SMILES string of the molecule is CC(=O)NCC(=O)O.NCC(=O)O. The number of hydrogen-bond acceptors (Lipinski definition) is 4. The molecule has 0 aliphatic heterocycles. The molecule has 0 spiro atoms. The molecule has 5 N–H and O–H groups in total. The third kappa shape index (κ3) is 25.2. The van der Waals surface area contributed by atoms with Crippen LogP contribution in [0.2, 0.25) is 0 Å². The molecule has 0 aliphatic carbocycles. The van der Waals surface area contributed by atoms with Crippen molar-refractivity contribution in [2.24, 2.45) is 5.73 Å². The molecular formula is C6H12N2O5. The molecule has 0 atom stereocenters. The molecule has 76 valence electrons. The van der Waals surface area contributed by atoms with Gasteiger partial charge in [-0.25, -0.2) is 0 Å². The Morgan fingerprint density at radius 3 is 1.69 bits per heavy atom. The van der Waals surface area contributed by atoms with Crippen LogP contribution < -0.4 is 11.1 Å². The van der Waals surface area contributed by atoms with Gasteiger partial charge >= 0.3 is 11.9 Å². The fourth-order valence-corrected chi connectivity index (χ4v) is 0.200. The number of hydrogen-bond donors (Lipinski definition) is 4. The maximum atomic E-state index is 9.97. The summed E-state index contributed by atoms with van der Waals surface area (Å²) in [6, 6.07) is 0. The number of carboxylic acid groups (broad SMARTS) is 2. The van der Waals surface area contributed by atoms with Gasteiger partial charge in [0.05, 0.1) is 6.54 Å². The lowest BCUT2D eigenvalue weighted by molar-refractivity contribution is -0.137. The Bertz CT molecular complexity index is 177. The second-order valence-electron chi connectivity index (χ2n) is 1.90. The van der Waals surface area contributed by atoms with E-state index < -0.39 is 11.9 Å². The highest BCUT2D eigenvalue weighted by Gasteiger charge is 1.94. The van der Waals surface area contributed by atoms with Gasteiger partial charge in [-0.05, 0) is 0 Å². The Morgan fingerprint density at radius 2 is 1.62 bits per heavy atom. The van der Waals surface area contributed by atoms with Gasteiger partial charge in [-0.2, -0.15) is 0 Å². The van der Waals surface area contributed by atoms with Crippen molar-refractivity contribution in [1.29, 1.82) is 0 Å². The molecule has 0 aromatic rings. The molecule has 13 heavy (non-hydrogen) atoms. The van der Waals surface area contributed by atoms with Gasteiger partial charge in [-0.15, -0.1) is 0 Å².